The topological polar surface area (TPSA) is 65.5 Å². The maximum absolute atomic E-state index is 11.3. The molecule has 0 aliphatic carbocycles. The number of aromatic nitrogens is 1. The summed E-state index contributed by atoms with van der Waals surface area (Å²) in [6.07, 6.45) is 0. The van der Waals surface area contributed by atoms with Crippen LogP contribution in [0.2, 0.25) is 0 Å². The first-order chi connectivity index (χ1) is 7.69. The lowest BCUT2D eigenvalue weighted by atomic mass is 10.5. The van der Waals surface area contributed by atoms with Crippen molar-refractivity contribution in [2.45, 2.75) is 20.4 Å². The summed E-state index contributed by atoms with van der Waals surface area (Å²) in [5.41, 5.74) is 0.896. The first-order valence-electron chi connectivity index (χ1n) is 5.23. The highest BCUT2D eigenvalue weighted by Gasteiger charge is 2.12. The van der Waals surface area contributed by atoms with E-state index in [0.717, 1.165) is 10.8 Å². The predicted molar refractivity (Wildman–Crippen MR) is 64.6 cm³/mol. The number of thiazole rings is 1. The molecule has 6 heteroatoms. The number of hydrogen-bond acceptors (Lipinski definition) is 5. The highest BCUT2D eigenvalue weighted by Crippen LogP contribution is 2.20. The van der Waals surface area contributed by atoms with Gasteiger partial charge in [0.2, 0.25) is 5.91 Å². The minimum atomic E-state index is 0.00622. The van der Waals surface area contributed by atoms with Crippen LogP contribution in [-0.2, 0) is 11.3 Å². The normalized spacial score (nSPS) is 10.4. The van der Waals surface area contributed by atoms with Crippen LogP contribution in [0.5, 0.6) is 0 Å². The van der Waals surface area contributed by atoms with Crippen molar-refractivity contribution < 1.29 is 9.90 Å². The second-order valence-electron chi connectivity index (χ2n) is 3.29. The molecule has 0 saturated heterocycles. The van der Waals surface area contributed by atoms with Gasteiger partial charge in [0.1, 0.15) is 0 Å². The van der Waals surface area contributed by atoms with Gasteiger partial charge in [0.25, 0.3) is 0 Å². The molecule has 16 heavy (non-hydrogen) atoms. The van der Waals surface area contributed by atoms with Crippen LogP contribution in [-0.4, -0.2) is 35.7 Å². The molecule has 0 aromatic carbocycles. The zero-order chi connectivity index (χ0) is 12.0. The van der Waals surface area contributed by atoms with E-state index in [9.17, 15) is 4.79 Å². The van der Waals surface area contributed by atoms with E-state index in [2.05, 4.69) is 10.3 Å². The molecular formula is C10H17N3O2S. The van der Waals surface area contributed by atoms with Crippen LogP contribution in [0, 0.1) is 0 Å². The van der Waals surface area contributed by atoms with E-state index < -0.39 is 0 Å². The summed E-state index contributed by atoms with van der Waals surface area (Å²) in [5.74, 6) is 0.00622. The number of nitrogens with zero attached hydrogens (tertiary/aromatic N) is 2. The monoisotopic (exact) mass is 243 g/mol. The van der Waals surface area contributed by atoms with Crippen LogP contribution in [0.3, 0.4) is 0 Å². The summed E-state index contributed by atoms with van der Waals surface area (Å²) in [7, 11) is 0. The van der Waals surface area contributed by atoms with E-state index in [0.29, 0.717) is 19.6 Å². The predicted octanol–water partition coefficient (Wildman–Crippen LogP) is 0.598. The van der Waals surface area contributed by atoms with Crippen molar-refractivity contribution in [1.29, 1.82) is 0 Å². The summed E-state index contributed by atoms with van der Waals surface area (Å²) in [5, 5.41) is 14.3. The van der Waals surface area contributed by atoms with Gasteiger partial charge in [0, 0.05) is 31.9 Å². The van der Waals surface area contributed by atoms with Gasteiger partial charge in [0.15, 0.2) is 5.13 Å². The van der Waals surface area contributed by atoms with E-state index in [1.807, 2.05) is 12.3 Å². The largest absolute Gasteiger partial charge is 0.395 e. The molecule has 0 radical (unpaired) electrons. The Morgan fingerprint density at radius 3 is 3.00 bits per heavy atom. The van der Waals surface area contributed by atoms with Crippen LogP contribution < -0.4 is 10.2 Å². The summed E-state index contributed by atoms with van der Waals surface area (Å²) in [6.45, 7) is 5.38. The Balaban J connectivity index is 2.59. The average Bonchev–Trinajstić information content (AvgIpc) is 2.67. The number of nitrogens with one attached hydrogen (secondary N) is 1. The number of aliphatic hydroxyl groups excluding tert-OH is 1. The second-order valence-corrected chi connectivity index (χ2v) is 4.12. The van der Waals surface area contributed by atoms with Gasteiger partial charge >= 0.3 is 0 Å². The second kappa shape index (κ2) is 6.57. The van der Waals surface area contributed by atoms with Crippen molar-refractivity contribution in [1.82, 2.24) is 10.3 Å². The Labute approximate surface area is 99.1 Å². The van der Waals surface area contributed by atoms with Crippen molar-refractivity contribution in [2.24, 2.45) is 0 Å². The third-order valence-electron chi connectivity index (χ3n) is 2.06. The lowest BCUT2D eigenvalue weighted by Gasteiger charge is -2.14. The smallest absolute Gasteiger partial charge is 0.225 e. The zero-order valence-electron chi connectivity index (χ0n) is 9.56. The van der Waals surface area contributed by atoms with E-state index >= 15 is 0 Å². The molecular weight excluding hydrogens is 226 g/mol. The number of aliphatic hydroxyl groups is 1. The van der Waals surface area contributed by atoms with Gasteiger partial charge in [-0.2, -0.15) is 0 Å². The van der Waals surface area contributed by atoms with Crippen molar-refractivity contribution in [3.8, 4) is 0 Å². The van der Waals surface area contributed by atoms with Crippen LogP contribution in [0.1, 0.15) is 19.5 Å². The number of anilines is 1. The molecule has 0 aliphatic heterocycles. The van der Waals surface area contributed by atoms with Gasteiger partial charge < -0.3 is 10.4 Å². The molecule has 0 bridgehead atoms. The van der Waals surface area contributed by atoms with Gasteiger partial charge in [-0.05, 0) is 6.92 Å². The van der Waals surface area contributed by atoms with Crippen LogP contribution in [0.25, 0.3) is 0 Å². The van der Waals surface area contributed by atoms with Gasteiger partial charge in [0.05, 0.1) is 12.3 Å². The Hall–Kier alpha value is -0.980. The molecule has 1 rings (SSSR count). The Morgan fingerprint density at radius 2 is 2.44 bits per heavy atom. The van der Waals surface area contributed by atoms with Crippen LogP contribution >= 0.6 is 11.3 Å². The molecule has 1 aromatic rings. The Bertz CT molecular complexity index is 341. The fourth-order valence-corrected chi connectivity index (χ4v) is 2.22. The third-order valence-corrected chi connectivity index (χ3v) is 2.97. The van der Waals surface area contributed by atoms with E-state index in [-0.39, 0.29) is 12.5 Å². The molecule has 0 spiro atoms. The summed E-state index contributed by atoms with van der Waals surface area (Å²) >= 11 is 1.46. The maximum atomic E-state index is 11.3. The Kier molecular flexibility index (Phi) is 5.37. The highest BCUT2D eigenvalue weighted by molar-refractivity contribution is 7.14. The van der Waals surface area contributed by atoms with Crippen molar-refractivity contribution >= 4 is 22.4 Å². The van der Waals surface area contributed by atoms with Crippen LogP contribution in [0.4, 0.5) is 5.13 Å². The number of hydrogen-bond donors (Lipinski definition) is 2. The standard InChI is InChI=1S/C10H17N3O2S/c1-3-13(8(2)15)10-12-9(7-16-10)6-11-4-5-14/h7,11,14H,3-6H2,1-2H3. The number of carbonyl (C=O) groups is 1. The molecule has 1 amide bonds. The molecule has 1 heterocycles. The van der Waals surface area contributed by atoms with E-state index in [1.165, 1.54) is 18.3 Å². The number of carbonyl (C=O) groups excluding carboxylic acids is 1. The molecule has 0 fully saturated rings. The fraction of sp³-hybridized carbons (Fsp3) is 0.600. The molecule has 2 N–H and O–H groups in total. The third kappa shape index (κ3) is 3.55. The van der Waals surface area contributed by atoms with Gasteiger partial charge in [-0.3, -0.25) is 9.69 Å². The fourth-order valence-electron chi connectivity index (χ4n) is 1.29. The minimum absolute atomic E-state index is 0.00622. The number of amides is 1. The Morgan fingerprint density at radius 1 is 1.69 bits per heavy atom. The van der Waals surface area contributed by atoms with E-state index in [4.69, 9.17) is 5.11 Å². The molecule has 1 aromatic heterocycles. The van der Waals surface area contributed by atoms with Crippen molar-refractivity contribution in [3.05, 3.63) is 11.1 Å². The van der Waals surface area contributed by atoms with Gasteiger partial charge in [-0.1, -0.05) is 0 Å². The van der Waals surface area contributed by atoms with E-state index in [1.54, 1.807) is 4.90 Å². The number of rotatable bonds is 6. The molecule has 0 atom stereocenters. The van der Waals surface area contributed by atoms with Gasteiger partial charge in [-0.25, -0.2) is 4.98 Å². The van der Waals surface area contributed by atoms with Crippen molar-refractivity contribution in [2.75, 3.05) is 24.6 Å². The average molecular weight is 243 g/mol. The maximum Gasteiger partial charge on any atom is 0.225 e. The summed E-state index contributed by atoms with van der Waals surface area (Å²) < 4.78 is 0. The lowest BCUT2D eigenvalue weighted by Crippen LogP contribution is -2.27. The van der Waals surface area contributed by atoms with Crippen LogP contribution in [0.15, 0.2) is 5.38 Å². The first-order valence-corrected chi connectivity index (χ1v) is 6.11. The highest BCUT2D eigenvalue weighted by atomic mass is 32.1. The summed E-state index contributed by atoms with van der Waals surface area (Å²) in [6, 6.07) is 0. The lowest BCUT2D eigenvalue weighted by molar-refractivity contribution is -0.116. The first kappa shape index (κ1) is 13.1. The zero-order valence-corrected chi connectivity index (χ0v) is 10.4. The molecule has 90 valence electrons. The minimum Gasteiger partial charge on any atom is -0.395 e. The molecule has 0 aliphatic rings. The summed E-state index contributed by atoms with van der Waals surface area (Å²) in [4.78, 5) is 17.3. The molecule has 0 saturated carbocycles. The molecule has 5 nitrogen and oxygen atoms in total. The SMILES string of the molecule is CCN(C(C)=O)c1nc(CNCCO)cs1. The van der Waals surface area contributed by atoms with Crippen molar-refractivity contribution in [3.63, 3.8) is 0 Å². The van der Waals surface area contributed by atoms with Gasteiger partial charge in [-0.15, -0.1) is 11.3 Å². The molecule has 0 unspecified atom stereocenters. The quantitative estimate of drug-likeness (QED) is 0.718.